The second-order valence-electron chi connectivity index (χ2n) is 5.28. The highest BCUT2D eigenvalue weighted by atomic mass is 32.2. The average molecular weight is 333 g/mol. The van der Waals surface area contributed by atoms with Crippen molar-refractivity contribution in [3.8, 4) is 0 Å². The van der Waals surface area contributed by atoms with Crippen LogP contribution in [0.25, 0.3) is 0 Å². The molecular formula is C17H19NO4S. The van der Waals surface area contributed by atoms with Crippen LogP contribution >= 0.6 is 0 Å². The third kappa shape index (κ3) is 4.18. The molecule has 0 amide bonds. The molecule has 0 aliphatic rings. The van der Waals surface area contributed by atoms with Gasteiger partial charge in [-0.15, -0.1) is 0 Å². The molecule has 2 rings (SSSR count). The Morgan fingerprint density at radius 3 is 2.35 bits per heavy atom. The molecule has 0 unspecified atom stereocenters. The van der Waals surface area contributed by atoms with Crippen molar-refractivity contribution < 1.29 is 17.9 Å². The molecule has 0 saturated heterocycles. The Hall–Kier alpha value is -2.18. The number of carbonyl (C=O) groups excluding carboxylic acids is 1. The Morgan fingerprint density at radius 2 is 1.74 bits per heavy atom. The number of hydrogen-bond acceptors (Lipinski definition) is 4. The zero-order valence-electron chi connectivity index (χ0n) is 13.3. The van der Waals surface area contributed by atoms with E-state index in [1.54, 1.807) is 43.3 Å². The first-order chi connectivity index (χ1) is 10.8. The van der Waals surface area contributed by atoms with E-state index in [4.69, 9.17) is 0 Å². The van der Waals surface area contributed by atoms with E-state index in [0.717, 1.165) is 11.1 Å². The van der Waals surface area contributed by atoms with Crippen LogP contribution in [0.2, 0.25) is 0 Å². The SMILES string of the molecule is COC(=O)c1ccc(CNS(=O)(=O)c2cc(C)ccc2C)cc1. The second-order valence-corrected chi connectivity index (χ2v) is 7.02. The van der Waals surface area contributed by atoms with Gasteiger partial charge in [0.2, 0.25) is 10.0 Å². The van der Waals surface area contributed by atoms with Crippen molar-refractivity contribution in [3.05, 3.63) is 64.7 Å². The topological polar surface area (TPSA) is 72.5 Å². The molecule has 0 bridgehead atoms. The van der Waals surface area contributed by atoms with Gasteiger partial charge >= 0.3 is 5.97 Å². The summed E-state index contributed by atoms with van der Waals surface area (Å²) in [4.78, 5) is 11.6. The summed E-state index contributed by atoms with van der Waals surface area (Å²) in [5.41, 5.74) is 2.77. The van der Waals surface area contributed by atoms with Crippen molar-refractivity contribution in [2.75, 3.05) is 7.11 Å². The number of nitrogens with one attached hydrogen (secondary N) is 1. The molecule has 2 aromatic carbocycles. The fourth-order valence-electron chi connectivity index (χ4n) is 2.13. The molecule has 0 saturated carbocycles. The van der Waals surface area contributed by atoms with Crippen molar-refractivity contribution in [2.24, 2.45) is 0 Å². The third-order valence-electron chi connectivity index (χ3n) is 3.47. The van der Waals surface area contributed by atoms with E-state index >= 15 is 0 Å². The average Bonchev–Trinajstić information content (AvgIpc) is 2.55. The number of ether oxygens (including phenoxy) is 1. The minimum Gasteiger partial charge on any atom is -0.465 e. The summed E-state index contributed by atoms with van der Waals surface area (Å²) >= 11 is 0. The number of hydrogen-bond donors (Lipinski definition) is 1. The maximum atomic E-state index is 12.4. The lowest BCUT2D eigenvalue weighted by Gasteiger charge is -2.10. The smallest absolute Gasteiger partial charge is 0.337 e. The van der Waals surface area contributed by atoms with Gasteiger partial charge in [0, 0.05) is 6.54 Å². The normalized spacial score (nSPS) is 11.3. The van der Waals surface area contributed by atoms with Gasteiger partial charge in [0.25, 0.3) is 0 Å². The first kappa shape index (κ1) is 17.2. The third-order valence-corrected chi connectivity index (χ3v) is 5.02. The van der Waals surface area contributed by atoms with Crippen LogP contribution in [0.4, 0.5) is 0 Å². The van der Waals surface area contributed by atoms with E-state index < -0.39 is 16.0 Å². The summed E-state index contributed by atoms with van der Waals surface area (Å²) in [5, 5.41) is 0. The van der Waals surface area contributed by atoms with Gasteiger partial charge < -0.3 is 4.74 Å². The summed E-state index contributed by atoms with van der Waals surface area (Å²) in [7, 11) is -2.27. The minimum atomic E-state index is -3.58. The molecule has 23 heavy (non-hydrogen) atoms. The van der Waals surface area contributed by atoms with Gasteiger partial charge in [0.05, 0.1) is 17.6 Å². The van der Waals surface area contributed by atoms with Gasteiger partial charge in [-0.05, 0) is 48.7 Å². The van der Waals surface area contributed by atoms with E-state index in [1.165, 1.54) is 7.11 Å². The molecule has 122 valence electrons. The molecule has 5 nitrogen and oxygen atoms in total. The highest BCUT2D eigenvalue weighted by Gasteiger charge is 2.16. The standard InChI is InChI=1S/C17H19NO4S/c1-12-4-5-13(2)16(10-12)23(20,21)18-11-14-6-8-15(9-7-14)17(19)22-3/h4-10,18H,11H2,1-3H3. The van der Waals surface area contributed by atoms with E-state index in [1.807, 2.05) is 13.0 Å². The van der Waals surface area contributed by atoms with E-state index in [9.17, 15) is 13.2 Å². The first-order valence-corrected chi connectivity index (χ1v) is 8.56. The first-order valence-electron chi connectivity index (χ1n) is 7.07. The number of aryl methyl sites for hydroxylation is 2. The largest absolute Gasteiger partial charge is 0.465 e. The summed E-state index contributed by atoms with van der Waals surface area (Å²) in [5.74, 6) is -0.424. The molecule has 0 spiro atoms. The zero-order valence-corrected chi connectivity index (χ0v) is 14.1. The fraction of sp³-hybridized carbons (Fsp3) is 0.235. The molecule has 1 N–H and O–H groups in total. The Labute approximate surface area is 136 Å². The Morgan fingerprint density at radius 1 is 1.09 bits per heavy atom. The van der Waals surface area contributed by atoms with E-state index in [0.29, 0.717) is 11.1 Å². The van der Waals surface area contributed by atoms with Gasteiger partial charge in [-0.25, -0.2) is 17.9 Å². The molecule has 0 atom stereocenters. The molecule has 0 heterocycles. The Bertz CT molecular complexity index is 811. The van der Waals surface area contributed by atoms with Crippen LogP contribution in [-0.2, 0) is 21.3 Å². The number of benzene rings is 2. The number of methoxy groups -OCH3 is 1. The Balaban J connectivity index is 2.13. The van der Waals surface area contributed by atoms with Crippen LogP contribution in [0.1, 0.15) is 27.0 Å². The second kappa shape index (κ2) is 6.93. The van der Waals surface area contributed by atoms with Crippen LogP contribution < -0.4 is 4.72 Å². The lowest BCUT2D eigenvalue weighted by molar-refractivity contribution is 0.0600. The highest BCUT2D eigenvalue weighted by molar-refractivity contribution is 7.89. The fourth-order valence-corrected chi connectivity index (χ4v) is 3.47. The zero-order chi connectivity index (χ0) is 17.0. The van der Waals surface area contributed by atoms with Crippen molar-refractivity contribution in [2.45, 2.75) is 25.3 Å². The molecule has 6 heteroatoms. The number of rotatable bonds is 5. The van der Waals surface area contributed by atoms with Gasteiger partial charge in [0.15, 0.2) is 0 Å². The van der Waals surface area contributed by atoms with Crippen LogP contribution in [-0.4, -0.2) is 21.5 Å². The van der Waals surface area contributed by atoms with Gasteiger partial charge in [-0.2, -0.15) is 0 Å². The van der Waals surface area contributed by atoms with Crippen molar-refractivity contribution in [1.82, 2.24) is 4.72 Å². The summed E-state index contributed by atoms with van der Waals surface area (Å²) in [6.45, 7) is 3.76. The van der Waals surface area contributed by atoms with Crippen LogP contribution in [0, 0.1) is 13.8 Å². The van der Waals surface area contributed by atoms with Crippen molar-refractivity contribution in [3.63, 3.8) is 0 Å². The summed E-state index contributed by atoms with van der Waals surface area (Å²) in [6, 6.07) is 11.9. The summed E-state index contributed by atoms with van der Waals surface area (Å²) < 4.78 is 32.0. The molecular weight excluding hydrogens is 314 g/mol. The lowest BCUT2D eigenvalue weighted by Crippen LogP contribution is -2.24. The van der Waals surface area contributed by atoms with E-state index in [-0.39, 0.29) is 11.4 Å². The lowest BCUT2D eigenvalue weighted by atomic mass is 10.1. The van der Waals surface area contributed by atoms with Crippen LogP contribution in [0.15, 0.2) is 47.4 Å². The molecule has 0 fully saturated rings. The summed E-state index contributed by atoms with van der Waals surface area (Å²) in [6.07, 6.45) is 0. The van der Waals surface area contributed by atoms with E-state index in [2.05, 4.69) is 9.46 Å². The van der Waals surface area contributed by atoms with Crippen molar-refractivity contribution >= 4 is 16.0 Å². The predicted octanol–water partition coefficient (Wildman–Crippen LogP) is 2.57. The van der Waals surface area contributed by atoms with Crippen LogP contribution in [0.5, 0.6) is 0 Å². The molecule has 0 aromatic heterocycles. The maximum Gasteiger partial charge on any atom is 0.337 e. The molecule has 0 aliphatic carbocycles. The maximum absolute atomic E-state index is 12.4. The van der Waals surface area contributed by atoms with Crippen molar-refractivity contribution in [1.29, 1.82) is 0 Å². The number of esters is 1. The quantitative estimate of drug-likeness (QED) is 0.854. The molecule has 0 aliphatic heterocycles. The monoisotopic (exact) mass is 333 g/mol. The Kier molecular flexibility index (Phi) is 5.18. The number of sulfonamides is 1. The number of carbonyl (C=O) groups is 1. The van der Waals surface area contributed by atoms with Gasteiger partial charge in [0.1, 0.15) is 0 Å². The molecule has 0 radical (unpaired) electrons. The predicted molar refractivity (Wildman–Crippen MR) is 87.7 cm³/mol. The van der Waals surface area contributed by atoms with Gasteiger partial charge in [-0.1, -0.05) is 24.3 Å². The van der Waals surface area contributed by atoms with Gasteiger partial charge in [-0.3, -0.25) is 0 Å². The molecule has 2 aromatic rings. The highest BCUT2D eigenvalue weighted by Crippen LogP contribution is 2.17. The van der Waals surface area contributed by atoms with Crippen LogP contribution in [0.3, 0.4) is 0 Å². The minimum absolute atomic E-state index is 0.150.